The Bertz CT molecular complexity index is 1440. The summed E-state index contributed by atoms with van der Waals surface area (Å²) in [5.41, 5.74) is 2.14. The molecule has 38 heavy (non-hydrogen) atoms. The Morgan fingerprint density at radius 1 is 0.816 bits per heavy atom. The first-order valence-corrected chi connectivity index (χ1v) is 12.7. The predicted octanol–water partition coefficient (Wildman–Crippen LogP) is 6.06. The van der Waals surface area contributed by atoms with Crippen LogP contribution >= 0.6 is 12.2 Å². The molecule has 0 saturated heterocycles. The molecule has 0 amide bonds. The first-order chi connectivity index (χ1) is 18.3. The lowest BCUT2D eigenvalue weighted by Crippen LogP contribution is -2.31. The molecule has 0 aliphatic carbocycles. The zero-order valence-corrected chi connectivity index (χ0v) is 22.7. The third kappa shape index (κ3) is 5.90. The summed E-state index contributed by atoms with van der Waals surface area (Å²) in [5.74, 6) is 2.20. The van der Waals surface area contributed by atoms with Gasteiger partial charge in [-0.25, -0.2) is 0 Å². The van der Waals surface area contributed by atoms with E-state index in [4.69, 9.17) is 26.4 Å². The quantitative estimate of drug-likeness (QED) is 0.151. The summed E-state index contributed by atoms with van der Waals surface area (Å²) in [6, 6.07) is 21.6. The fourth-order valence-electron chi connectivity index (χ4n) is 4.03. The van der Waals surface area contributed by atoms with E-state index in [-0.39, 0.29) is 18.4 Å². The number of nitrogens with zero attached hydrogens (tertiary/aromatic N) is 3. The van der Waals surface area contributed by atoms with E-state index in [1.807, 2.05) is 74.2 Å². The SMILES string of the molecule is CCN(CC)CC(=O)Oc1ccc(Oc2ccc(-n3c(C)c(O)n(-c4ccc(OC)cc4)c3=S)cc2)cc1. The number of rotatable bonds is 10. The Hall–Kier alpha value is -4.08. The van der Waals surface area contributed by atoms with Crippen molar-refractivity contribution in [1.82, 2.24) is 14.0 Å². The minimum atomic E-state index is -0.293. The van der Waals surface area contributed by atoms with Gasteiger partial charge in [0, 0.05) is 5.69 Å². The Balaban J connectivity index is 1.47. The summed E-state index contributed by atoms with van der Waals surface area (Å²) >= 11 is 5.71. The highest BCUT2D eigenvalue weighted by atomic mass is 32.1. The van der Waals surface area contributed by atoms with Crippen LogP contribution in [0.4, 0.5) is 0 Å². The van der Waals surface area contributed by atoms with Crippen LogP contribution in [0.15, 0.2) is 72.8 Å². The molecular formula is C29H31N3O5S. The monoisotopic (exact) mass is 533 g/mol. The maximum Gasteiger partial charge on any atom is 0.325 e. The second kappa shape index (κ2) is 12.0. The topological polar surface area (TPSA) is 78.1 Å². The number of hydrogen-bond donors (Lipinski definition) is 1. The van der Waals surface area contributed by atoms with Gasteiger partial charge in [0.15, 0.2) is 4.77 Å². The van der Waals surface area contributed by atoms with Crippen LogP contribution in [-0.4, -0.2) is 51.9 Å². The van der Waals surface area contributed by atoms with Gasteiger partial charge in [0.2, 0.25) is 5.88 Å². The number of aromatic hydroxyl groups is 1. The van der Waals surface area contributed by atoms with Gasteiger partial charge in [0.25, 0.3) is 0 Å². The van der Waals surface area contributed by atoms with E-state index >= 15 is 0 Å². The molecule has 0 fully saturated rings. The molecule has 0 aliphatic rings. The summed E-state index contributed by atoms with van der Waals surface area (Å²) < 4.78 is 20.5. The van der Waals surface area contributed by atoms with Gasteiger partial charge in [0.1, 0.15) is 23.0 Å². The summed E-state index contributed by atoms with van der Waals surface area (Å²) in [6.07, 6.45) is 0. The lowest BCUT2D eigenvalue weighted by atomic mass is 10.3. The minimum Gasteiger partial charge on any atom is -0.497 e. The molecule has 9 heteroatoms. The largest absolute Gasteiger partial charge is 0.497 e. The first kappa shape index (κ1) is 27.0. The number of carbonyl (C=O) groups excluding carboxylic acids is 1. The number of hydrogen-bond acceptors (Lipinski definition) is 7. The van der Waals surface area contributed by atoms with E-state index in [2.05, 4.69) is 0 Å². The van der Waals surface area contributed by atoms with Crippen molar-refractivity contribution < 1.29 is 24.1 Å². The van der Waals surface area contributed by atoms with E-state index in [1.54, 1.807) is 40.5 Å². The second-order valence-corrected chi connectivity index (χ2v) is 8.93. The van der Waals surface area contributed by atoms with Crippen molar-refractivity contribution in [3.63, 3.8) is 0 Å². The Morgan fingerprint density at radius 3 is 1.82 bits per heavy atom. The molecule has 0 radical (unpaired) electrons. The molecule has 0 saturated carbocycles. The maximum atomic E-state index is 12.1. The van der Waals surface area contributed by atoms with Crippen LogP contribution in [-0.2, 0) is 4.79 Å². The van der Waals surface area contributed by atoms with Crippen LogP contribution in [0.25, 0.3) is 11.4 Å². The molecule has 3 aromatic carbocycles. The number of methoxy groups -OCH3 is 1. The van der Waals surface area contributed by atoms with E-state index in [0.29, 0.717) is 27.7 Å². The zero-order valence-electron chi connectivity index (χ0n) is 21.9. The van der Waals surface area contributed by atoms with Crippen LogP contribution in [0.5, 0.6) is 28.9 Å². The fourth-order valence-corrected chi connectivity index (χ4v) is 4.47. The van der Waals surface area contributed by atoms with Crippen molar-refractivity contribution in [2.75, 3.05) is 26.7 Å². The third-order valence-corrected chi connectivity index (χ3v) is 6.58. The molecule has 0 unspecified atom stereocenters. The number of ether oxygens (including phenoxy) is 3. The Morgan fingerprint density at radius 2 is 1.29 bits per heavy atom. The highest BCUT2D eigenvalue weighted by Gasteiger charge is 2.17. The highest BCUT2D eigenvalue weighted by Crippen LogP contribution is 2.30. The van der Waals surface area contributed by atoms with Gasteiger partial charge in [-0.05, 0) is 105 Å². The highest BCUT2D eigenvalue weighted by molar-refractivity contribution is 7.71. The van der Waals surface area contributed by atoms with Crippen LogP contribution in [0.2, 0.25) is 0 Å². The van der Waals surface area contributed by atoms with Crippen LogP contribution in [0, 0.1) is 11.7 Å². The average Bonchev–Trinajstić information content (AvgIpc) is 3.16. The molecular weight excluding hydrogens is 502 g/mol. The van der Waals surface area contributed by atoms with E-state index < -0.39 is 0 Å². The van der Waals surface area contributed by atoms with Crippen LogP contribution in [0.3, 0.4) is 0 Å². The molecule has 8 nitrogen and oxygen atoms in total. The van der Waals surface area contributed by atoms with Gasteiger partial charge in [-0.2, -0.15) is 0 Å². The number of aromatic nitrogens is 2. The van der Waals surface area contributed by atoms with Crippen LogP contribution < -0.4 is 14.2 Å². The standard InChI is InChI=1S/C29H31N3O5S/c1-5-30(6-2)19-27(33)37-26-17-15-25(16-18-26)36-24-13-9-21(10-14-24)31-20(3)28(34)32(29(31)38)22-7-11-23(35-4)12-8-22/h7-18,34H,5-6,19H2,1-4H3. The number of likely N-dealkylation sites (N-methyl/N-ethyl adjacent to an activating group) is 1. The molecule has 0 spiro atoms. The Kier molecular flexibility index (Phi) is 8.50. The van der Waals surface area contributed by atoms with Gasteiger partial charge >= 0.3 is 5.97 Å². The van der Waals surface area contributed by atoms with Crippen molar-refractivity contribution in [2.24, 2.45) is 0 Å². The third-order valence-electron chi connectivity index (χ3n) is 6.22. The minimum absolute atomic E-state index is 0.0679. The molecule has 1 aromatic heterocycles. The molecule has 1 N–H and O–H groups in total. The normalized spacial score (nSPS) is 11.0. The molecule has 0 aliphatic heterocycles. The van der Waals surface area contributed by atoms with Crippen molar-refractivity contribution in [3.8, 4) is 40.3 Å². The fraction of sp³-hybridized carbons (Fsp3) is 0.241. The predicted molar refractivity (Wildman–Crippen MR) is 149 cm³/mol. The average molecular weight is 534 g/mol. The molecule has 4 rings (SSSR count). The van der Waals surface area contributed by atoms with Crippen molar-refractivity contribution in [2.45, 2.75) is 20.8 Å². The lowest BCUT2D eigenvalue weighted by molar-refractivity contribution is -0.135. The summed E-state index contributed by atoms with van der Waals surface area (Å²) in [4.78, 5) is 14.1. The summed E-state index contributed by atoms with van der Waals surface area (Å²) in [5, 5.41) is 10.8. The van der Waals surface area contributed by atoms with Gasteiger partial charge in [0.05, 0.1) is 25.0 Å². The van der Waals surface area contributed by atoms with E-state index in [1.165, 1.54) is 0 Å². The summed E-state index contributed by atoms with van der Waals surface area (Å²) in [7, 11) is 1.60. The van der Waals surface area contributed by atoms with Gasteiger partial charge in [-0.15, -0.1) is 0 Å². The second-order valence-electron chi connectivity index (χ2n) is 8.56. The molecule has 198 valence electrons. The van der Waals surface area contributed by atoms with Crippen molar-refractivity contribution in [1.29, 1.82) is 0 Å². The summed E-state index contributed by atoms with van der Waals surface area (Å²) in [6.45, 7) is 7.66. The number of esters is 1. The molecule has 0 atom stereocenters. The van der Waals surface area contributed by atoms with E-state index in [9.17, 15) is 9.90 Å². The van der Waals surface area contributed by atoms with Crippen molar-refractivity contribution in [3.05, 3.63) is 83.3 Å². The molecule has 0 bridgehead atoms. The van der Waals surface area contributed by atoms with Gasteiger partial charge < -0.3 is 19.3 Å². The molecule has 1 heterocycles. The molecule has 4 aromatic rings. The maximum absolute atomic E-state index is 12.1. The Labute approximate surface area is 227 Å². The van der Waals surface area contributed by atoms with E-state index in [0.717, 1.165) is 30.2 Å². The lowest BCUT2D eigenvalue weighted by Gasteiger charge is -2.16. The van der Waals surface area contributed by atoms with Gasteiger partial charge in [-0.3, -0.25) is 18.8 Å². The smallest absolute Gasteiger partial charge is 0.325 e. The number of imidazole rings is 1. The number of benzene rings is 3. The van der Waals surface area contributed by atoms with Crippen molar-refractivity contribution >= 4 is 18.2 Å². The van der Waals surface area contributed by atoms with Gasteiger partial charge in [-0.1, -0.05) is 13.8 Å². The zero-order chi connectivity index (χ0) is 27.2. The first-order valence-electron chi connectivity index (χ1n) is 12.3. The number of carbonyl (C=O) groups is 1. The van der Waals surface area contributed by atoms with Crippen LogP contribution in [0.1, 0.15) is 19.5 Å².